The zero-order chi connectivity index (χ0) is 19.1. The Morgan fingerprint density at radius 3 is 2.41 bits per heavy atom. The molecule has 4 rings (SSSR count). The molecule has 4 atom stereocenters. The Morgan fingerprint density at radius 2 is 1.70 bits per heavy atom. The molecule has 2 saturated heterocycles. The molecule has 6 nitrogen and oxygen atoms in total. The number of hydrogen-bond acceptors (Lipinski definition) is 5. The topological polar surface area (TPSA) is 84.8 Å². The molecule has 0 aromatic heterocycles. The maximum atomic E-state index is 13.0. The number of benzene rings is 2. The summed E-state index contributed by atoms with van der Waals surface area (Å²) in [6.45, 7) is 4.20. The molecule has 2 aromatic rings. The molecule has 2 fully saturated rings. The third-order valence-electron chi connectivity index (χ3n) is 5.87. The Balaban J connectivity index is 1.79. The maximum absolute atomic E-state index is 13.0. The first-order valence-electron chi connectivity index (χ1n) is 9.30. The average molecular weight is 367 g/mol. The van der Waals surface area contributed by atoms with E-state index in [4.69, 9.17) is 0 Å². The Kier molecular flexibility index (Phi) is 4.63. The number of hydrazine groups is 1. The van der Waals surface area contributed by atoms with Crippen molar-refractivity contribution >= 4 is 5.91 Å². The molecule has 4 N–H and O–H groups in total. The van der Waals surface area contributed by atoms with Crippen LogP contribution in [0.1, 0.15) is 34.3 Å². The minimum Gasteiger partial charge on any atom is -0.508 e. The van der Waals surface area contributed by atoms with Gasteiger partial charge in [0.05, 0.1) is 18.7 Å². The molecule has 2 heterocycles. The minimum absolute atomic E-state index is 0.0266. The van der Waals surface area contributed by atoms with Crippen LogP contribution in [0.25, 0.3) is 0 Å². The van der Waals surface area contributed by atoms with E-state index in [1.165, 1.54) is 0 Å². The summed E-state index contributed by atoms with van der Waals surface area (Å²) in [5.41, 5.74) is 10.3. The van der Waals surface area contributed by atoms with Crippen LogP contribution in [0.5, 0.6) is 5.75 Å². The molecule has 0 saturated carbocycles. The zero-order valence-corrected chi connectivity index (χ0v) is 15.5. The number of aliphatic hydroxyl groups is 1. The van der Waals surface area contributed by atoms with E-state index < -0.39 is 6.04 Å². The van der Waals surface area contributed by atoms with Crippen LogP contribution in [0.4, 0.5) is 0 Å². The van der Waals surface area contributed by atoms with Crippen LogP contribution in [0.3, 0.4) is 0 Å². The number of nitrogens with one attached hydrogen (secondary N) is 2. The smallest absolute Gasteiger partial charge is 0.242 e. The lowest BCUT2D eigenvalue weighted by molar-refractivity contribution is -0.131. The Hall–Kier alpha value is -2.41. The van der Waals surface area contributed by atoms with Crippen LogP contribution in [0.15, 0.2) is 42.5 Å². The van der Waals surface area contributed by atoms with Crippen LogP contribution in [-0.2, 0) is 4.79 Å². The third-order valence-corrected chi connectivity index (χ3v) is 5.87. The Morgan fingerprint density at radius 1 is 1.04 bits per heavy atom. The van der Waals surface area contributed by atoms with Crippen molar-refractivity contribution in [3.63, 3.8) is 0 Å². The second-order valence-corrected chi connectivity index (χ2v) is 7.43. The van der Waals surface area contributed by atoms with Crippen LogP contribution in [-0.4, -0.2) is 40.2 Å². The van der Waals surface area contributed by atoms with Gasteiger partial charge in [0.25, 0.3) is 0 Å². The summed E-state index contributed by atoms with van der Waals surface area (Å²) in [6, 6.07) is 12.9. The number of aryl methyl sites for hydroxylation is 2. The zero-order valence-electron chi connectivity index (χ0n) is 15.5. The van der Waals surface area contributed by atoms with Crippen molar-refractivity contribution in [3.8, 4) is 5.75 Å². The lowest BCUT2D eigenvalue weighted by Gasteiger charge is -2.31. The van der Waals surface area contributed by atoms with Crippen LogP contribution in [0.2, 0.25) is 0 Å². The van der Waals surface area contributed by atoms with Gasteiger partial charge in [0.2, 0.25) is 5.91 Å². The number of rotatable bonds is 4. The van der Waals surface area contributed by atoms with Gasteiger partial charge in [-0.05, 0) is 36.6 Å². The van der Waals surface area contributed by atoms with E-state index in [9.17, 15) is 15.0 Å². The number of likely N-dealkylation sites (tertiary alicyclic amines) is 1. The van der Waals surface area contributed by atoms with E-state index in [2.05, 4.69) is 10.9 Å². The van der Waals surface area contributed by atoms with Crippen LogP contribution < -0.4 is 10.9 Å². The van der Waals surface area contributed by atoms with Gasteiger partial charge in [-0.2, -0.15) is 0 Å². The first-order chi connectivity index (χ1) is 13.0. The molecule has 0 bridgehead atoms. The molecule has 2 aromatic carbocycles. The highest BCUT2D eigenvalue weighted by Gasteiger charge is 2.55. The molecule has 2 aliphatic rings. The van der Waals surface area contributed by atoms with E-state index in [1.54, 1.807) is 11.0 Å². The highest BCUT2D eigenvalue weighted by molar-refractivity contribution is 5.86. The van der Waals surface area contributed by atoms with Crippen molar-refractivity contribution in [3.05, 3.63) is 64.7 Å². The summed E-state index contributed by atoms with van der Waals surface area (Å²) < 4.78 is 0. The second-order valence-electron chi connectivity index (χ2n) is 7.43. The standard InChI is InChI=1S/C21H25N3O3/c1-12-10-15(16(26)11-13(12)2)18-17-19(23-22-18)21(27)24(8-9-25)20(17)14-6-4-3-5-7-14/h3-7,10-11,17-20,22-23,25-26H,8-9H2,1-2H3. The fourth-order valence-corrected chi connectivity index (χ4v) is 4.45. The van der Waals surface area contributed by atoms with Gasteiger partial charge in [0, 0.05) is 18.0 Å². The molecule has 6 heteroatoms. The van der Waals surface area contributed by atoms with E-state index in [0.29, 0.717) is 6.54 Å². The number of carbonyl (C=O) groups excluding carboxylic acids is 1. The molecule has 4 unspecified atom stereocenters. The van der Waals surface area contributed by atoms with Gasteiger partial charge in [0.15, 0.2) is 0 Å². The highest BCUT2D eigenvalue weighted by Crippen LogP contribution is 2.48. The number of β-amino-alcohol motifs (C(OH)–C–C–N with tert-alkyl or cyclic N) is 1. The summed E-state index contributed by atoms with van der Waals surface area (Å²) in [6.07, 6.45) is 0. The van der Waals surface area contributed by atoms with Gasteiger partial charge in [-0.15, -0.1) is 0 Å². The minimum atomic E-state index is -0.396. The van der Waals surface area contributed by atoms with Crippen molar-refractivity contribution < 1.29 is 15.0 Å². The van der Waals surface area contributed by atoms with Crippen molar-refractivity contribution in [2.45, 2.75) is 32.0 Å². The van der Waals surface area contributed by atoms with Gasteiger partial charge in [-0.25, -0.2) is 10.9 Å². The summed E-state index contributed by atoms with van der Waals surface area (Å²) in [5, 5.41) is 20.1. The summed E-state index contributed by atoms with van der Waals surface area (Å²) in [4.78, 5) is 14.7. The second kappa shape index (κ2) is 6.96. The summed E-state index contributed by atoms with van der Waals surface area (Å²) >= 11 is 0. The number of nitrogens with zero attached hydrogens (tertiary/aromatic N) is 1. The summed E-state index contributed by atoms with van der Waals surface area (Å²) in [5.74, 6) is 0.110. The van der Waals surface area contributed by atoms with E-state index in [0.717, 1.165) is 22.3 Å². The predicted octanol–water partition coefficient (Wildman–Crippen LogP) is 1.72. The largest absolute Gasteiger partial charge is 0.508 e. The van der Waals surface area contributed by atoms with Crippen molar-refractivity contribution in [2.24, 2.45) is 5.92 Å². The monoisotopic (exact) mass is 367 g/mol. The SMILES string of the molecule is Cc1cc(O)c(C2NNC3C(=O)N(CCO)C(c4ccccc4)C32)cc1C. The lowest BCUT2D eigenvalue weighted by Crippen LogP contribution is -2.42. The molecule has 27 heavy (non-hydrogen) atoms. The molecule has 0 spiro atoms. The van der Waals surface area contributed by atoms with Crippen molar-refractivity contribution in [1.29, 1.82) is 0 Å². The number of aliphatic hydroxyl groups excluding tert-OH is 1. The maximum Gasteiger partial charge on any atom is 0.242 e. The highest BCUT2D eigenvalue weighted by atomic mass is 16.3. The number of hydrogen-bond donors (Lipinski definition) is 4. The molecule has 2 aliphatic heterocycles. The van der Waals surface area contributed by atoms with Crippen molar-refractivity contribution in [2.75, 3.05) is 13.2 Å². The van der Waals surface area contributed by atoms with Gasteiger partial charge in [-0.1, -0.05) is 36.4 Å². The average Bonchev–Trinajstić information content (AvgIpc) is 3.19. The molecule has 142 valence electrons. The van der Waals surface area contributed by atoms with Crippen LogP contribution >= 0.6 is 0 Å². The molecular weight excluding hydrogens is 342 g/mol. The number of carbonyl (C=O) groups is 1. The number of phenolic OH excluding ortho intramolecular Hbond substituents is 1. The van der Waals surface area contributed by atoms with Gasteiger partial charge < -0.3 is 15.1 Å². The molecule has 0 radical (unpaired) electrons. The first kappa shape index (κ1) is 18.0. The first-order valence-corrected chi connectivity index (χ1v) is 9.30. The lowest BCUT2D eigenvalue weighted by atomic mass is 9.82. The molecule has 1 amide bonds. The van der Waals surface area contributed by atoms with Crippen LogP contribution in [0, 0.1) is 19.8 Å². The third kappa shape index (κ3) is 2.90. The fourth-order valence-electron chi connectivity index (χ4n) is 4.45. The Labute approximate surface area is 158 Å². The number of aromatic hydroxyl groups is 1. The fraction of sp³-hybridized carbons (Fsp3) is 0.381. The van der Waals surface area contributed by atoms with Gasteiger partial charge >= 0.3 is 0 Å². The predicted molar refractivity (Wildman–Crippen MR) is 102 cm³/mol. The Bertz CT molecular complexity index is 855. The number of amides is 1. The summed E-state index contributed by atoms with van der Waals surface area (Å²) in [7, 11) is 0. The number of phenols is 1. The van der Waals surface area contributed by atoms with Gasteiger partial charge in [-0.3, -0.25) is 4.79 Å². The number of fused-ring (bicyclic) bond motifs is 1. The normalized spacial score (nSPS) is 27.2. The quantitative estimate of drug-likeness (QED) is 0.661. The van der Waals surface area contributed by atoms with Gasteiger partial charge in [0.1, 0.15) is 11.8 Å². The van der Waals surface area contributed by atoms with E-state index in [1.807, 2.05) is 50.2 Å². The van der Waals surface area contributed by atoms with Crippen molar-refractivity contribution in [1.82, 2.24) is 15.8 Å². The molecular formula is C21H25N3O3. The van der Waals surface area contributed by atoms with E-state index in [-0.39, 0.29) is 36.3 Å². The molecule has 0 aliphatic carbocycles. The van der Waals surface area contributed by atoms with E-state index >= 15 is 0 Å².